The fourth-order valence-electron chi connectivity index (χ4n) is 4.13. The molecule has 0 spiro atoms. The zero-order chi connectivity index (χ0) is 21.2. The highest BCUT2D eigenvalue weighted by molar-refractivity contribution is 7.18. The number of hydrogen-bond acceptors (Lipinski definition) is 6. The second-order valence-corrected chi connectivity index (χ2v) is 9.32. The molecule has 0 radical (unpaired) electrons. The summed E-state index contributed by atoms with van der Waals surface area (Å²) in [6, 6.07) is 12.3. The molecule has 2 N–H and O–H groups in total. The molecule has 0 saturated heterocycles. The lowest BCUT2D eigenvalue weighted by Gasteiger charge is -2.16. The van der Waals surface area contributed by atoms with Crippen LogP contribution in [-0.4, -0.2) is 27.6 Å². The molecule has 0 saturated carbocycles. The maximum Gasteiger partial charge on any atom is 0.226 e. The fraction of sp³-hybridized carbons (Fsp3) is 0.320. The Kier molecular flexibility index (Phi) is 5.66. The van der Waals surface area contributed by atoms with Crippen LogP contribution in [0.3, 0.4) is 0 Å². The summed E-state index contributed by atoms with van der Waals surface area (Å²) < 4.78 is 6.28. The van der Waals surface area contributed by atoms with Crippen molar-refractivity contribution in [3.8, 4) is 17.3 Å². The van der Waals surface area contributed by atoms with Gasteiger partial charge in [-0.25, -0.2) is 4.98 Å². The van der Waals surface area contributed by atoms with Crippen LogP contribution in [0.15, 0.2) is 48.8 Å². The van der Waals surface area contributed by atoms with Gasteiger partial charge in [-0.15, -0.1) is 11.3 Å². The van der Waals surface area contributed by atoms with Crippen LogP contribution in [0.2, 0.25) is 0 Å². The van der Waals surface area contributed by atoms with Crippen LogP contribution in [0.5, 0.6) is 5.88 Å². The average Bonchev–Trinajstić information content (AvgIpc) is 3.18. The van der Waals surface area contributed by atoms with Gasteiger partial charge >= 0.3 is 0 Å². The molecule has 0 fully saturated rings. The van der Waals surface area contributed by atoms with E-state index in [0.717, 1.165) is 35.0 Å². The molecule has 0 aliphatic heterocycles. The van der Waals surface area contributed by atoms with E-state index in [4.69, 9.17) is 20.4 Å². The monoisotopic (exact) mass is 430 g/mol. The van der Waals surface area contributed by atoms with Gasteiger partial charge in [0.25, 0.3) is 0 Å². The topological polar surface area (TPSA) is 73.9 Å². The van der Waals surface area contributed by atoms with Crippen molar-refractivity contribution in [1.29, 1.82) is 0 Å². The smallest absolute Gasteiger partial charge is 0.226 e. The molecule has 1 aliphatic rings. The van der Waals surface area contributed by atoms with Crippen molar-refractivity contribution in [2.75, 3.05) is 6.61 Å². The van der Waals surface area contributed by atoms with Crippen LogP contribution < -0.4 is 10.5 Å². The normalized spacial score (nSPS) is 14.4. The van der Waals surface area contributed by atoms with Crippen LogP contribution in [0.25, 0.3) is 21.6 Å². The highest BCUT2D eigenvalue weighted by Gasteiger charge is 2.23. The van der Waals surface area contributed by atoms with Crippen LogP contribution in [-0.2, 0) is 19.3 Å². The van der Waals surface area contributed by atoms with E-state index in [-0.39, 0.29) is 6.04 Å². The first-order chi connectivity index (χ1) is 15.2. The van der Waals surface area contributed by atoms with E-state index in [1.165, 1.54) is 34.4 Å². The number of rotatable bonds is 6. The second-order valence-electron chi connectivity index (χ2n) is 8.24. The van der Waals surface area contributed by atoms with Gasteiger partial charge in [-0.1, -0.05) is 29.8 Å². The molecule has 0 unspecified atom stereocenters. The van der Waals surface area contributed by atoms with Crippen molar-refractivity contribution < 1.29 is 4.74 Å². The predicted octanol–water partition coefficient (Wildman–Crippen LogP) is 4.89. The summed E-state index contributed by atoms with van der Waals surface area (Å²) in [6.45, 7) is 2.51. The van der Waals surface area contributed by atoms with E-state index >= 15 is 0 Å². The third-order valence-electron chi connectivity index (χ3n) is 5.77. The Bertz CT molecular complexity index is 1190. The number of pyridine rings is 1. The first kappa shape index (κ1) is 20.1. The van der Waals surface area contributed by atoms with Gasteiger partial charge in [-0.2, -0.15) is 4.98 Å². The van der Waals surface area contributed by atoms with E-state index < -0.39 is 0 Å². The molecule has 1 aliphatic carbocycles. The third-order valence-corrected chi connectivity index (χ3v) is 6.96. The number of aromatic nitrogens is 3. The summed E-state index contributed by atoms with van der Waals surface area (Å²) >= 11 is 1.78. The lowest BCUT2D eigenvalue weighted by atomic mass is 9.97. The minimum absolute atomic E-state index is 0.105. The number of nitrogens with zero attached hydrogens (tertiary/aromatic N) is 3. The van der Waals surface area contributed by atoms with Crippen molar-refractivity contribution in [3.63, 3.8) is 0 Å². The summed E-state index contributed by atoms with van der Waals surface area (Å²) in [6.07, 6.45) is 8.93. The molecule has 3 aromatic heterocycles. The summed E-state index contributed by atoms with van der Waals surface area (Å²) in [4.78, 5) is 16.3. The molecule has 1 atom stereocenters. The van der Waals surface area contributed by atoms with Crippen molar-refractivity contribution in [2.45, 2.75) is 45.1 Å². The first-order valence-electron chi connectivity index (χ1n) is 10.8. The highest BCUT2D eigenvalue weighted by atomic mass is 32.1. The maximum absolute atomic E-state index is 6.42. The van der Waals surface area contributed by atoms with Crippen LogP contribution in [0.4, 0.5) is 0 Å². The molecule has 0 amide bonds. The summed E-state index contributed by atoms with van der Waals surface area (Å²) in [5, 5.41) is 1.08. The second kappa shape index (κ2) is 8.73. The van der Waals surface area contributed by atoms with Crippen molar-refractivity contribution in [1.82, 2.24) is 15.0 Å². The third kappa shape index (κ3) is 4.31. The van der Waals surface area contributed by atoms with E-state index in [1.54, 1.807) is 23.7 Å². The maximum atomic E-state index is 6.42. The highest BCUT2D eigenvalue weighted by Crippen LogP contribution is 2.40. The van der Waals surface area contributed by atoms with Crippen molar-refractivity contribution >= 4 is 21.6 Å². The summed E-state index contributed by atoms with van der Waals surface area (Å²) in [7, 11) is 0. The van der Waals surface area contributed by atoms with Gasteiger partial charge in [0.2, 0.25) is 5.88 Å². The van der Waals surface area contributed by atoms with Crippen molar-refractivity contribution in [3.05, 3.63) is 70.4 Å². The van der Waals surface area contributed by atoms with E-state index in [2.05, 4.69) is 36.2 Å². The lowest BCUT2D eigenvalue weighted by Crippen LogP contribution is -2.30. The molecule has 5 rings (SSSR count). The van der Waals surface area contributed by atoms with Gasteiger partial charge in [0, 0.05) is 28.9 Å². The van der Waals surface area contributed by atoms with Gasteiger partial charge in [-0.05, 0) is 62.3 Å². The van der Waals surface area contributed by atoms with E-state index in [0.29, 0.717) is 18.3 Å². The standard InChI is InChI=1S/C25H26N4OS/c1-16-6-8-17(9-7-16)14-19(26)15-30-24-22-20-4-2-3-5-21(20)31-25(22)29-23(28-24)18-10-12-27-13-11-18/h6-13,19H,2-5,14-15,26H2,1H3/t19-/m0/s1. The Morgan fingerprint density at radius 3 is 2.61 bits per heavy atom. The quantitative estimate of drug-likeness (QED) is 0.471. The Morgan fingerprint density at radius 2 is 1.81 bits per heavy atom. The van der Waals surface area contributed by atoms with Gasteiger partial charge in [0.1, 0.15) is 11.4 Å². The Balaban J connectivity index is 1.45. The average molecular weight is 431 g/mol. The molecule has 1 aromatic carbocycles. The number of hydrogen-bond donors (Lipinski definition) is 1. The number of aryl methyl sites for hydroxylation is 3. The molecule has 158 valence electrons. The largest absolute Gasteiger partial charge is 0.475 e. The molecule has 6 heteroatoms. The van der Waals surface area contributed by atoms with Crippen LogP contribution >= 0.6 is 11.3 Å². The minimum atomic E-state index is -0.105. The van der Waals surface area contributed by atoms with Crippen LogP contribution in [0, 0.1) is 6.92 Å². The number of fused-ring (bicyclic) bond motifs is 3. The molecular weight excluding hydrogens is 404 g/mol. The van der Waals surface area contributed by atoms with Gasteiger partial charge in [-0.3, -0.25) is 4.98 Å². The van der Waals surface area contributed by atoms with Gasteiger partial charge in [0.15, 0.2) is 5.82 Å². The molecule has 31 heavy (non-hydrogen) atoms. The SMILES string of the molecule is Cc1ccc(C[C@H](N)COc2nc(-c3ccncc3)nc3sc4c(c23)CCCC4)cc1. The predicted molar refractivity (Wildman–Crippen MR) is 126 cm³/mol. The Labute approximate surface area is 186 Å². The number of thiophene rings is 1. The molecule has 0 bridgehead atoms. The zero-order valence-corrected chi connectivity index (χ0v) is 18.5. The minimum Gasteiger partial charge on any atom is -0.475 e. The first-order valence-corrected chi connectivity index (χ1v) is 11.7. The molecule has 4 aromatic rings. The molecular formula is C25H26N4OS. The number of nitrogens with two attached hydrogens (primary N) is 1. The Hall–Kier alpha value is -2.83. The summed E-state index contributed by atoms with van der Waals surface area (Å²) in [5.41, 5.74) is 11.2. The fourth-order valence-corrected chi connectivity index (χ4v) is 5.38. The van der Waals surface area contributed by atoms with Gasteiger partial charge < -0.3 is 10.5 Å². The molecule has 3 heterocycles. The van der Waals surface area contributed by atoms with Crippen molar-refractivity contribution in [2.24, 2.45) is 5.73 Å². The van der Waals surface area contributed by atoms with Gasteiger partial charge in [0.05, 0.1) is 5.39 Å². The summed E-state index contributed by atoms with van der Waals surface area (Å²) in [5.74, 6) is 1.34. The number of ether oxygens (including phenoxy) is 1. The molecule has 5 nitrogen and oxygen atoms in total. The zero-order valence-electron chi connectivity index (χ0n) is 17.7. The van der Waals surface area contributed by atoms with Crippen LogP contribution in [0.1, 0.15) is 34.4 Å². The lowest BCUT2D eigenvalue weighted by molar-refractivity contribution is 0.280. The van der Waals surface area contributed by atoms with E-state index in [9.17, 15) is 0 Å². The van der Waals surface area contributed by atoms with E-state index in [1.807, 2.05) is 12.1 Å². The Morgan fingerprint density at radius 1 is 1.03 bits per heavy atom. The number of benzene rings is 1.